The van der Waals surface area contributed by atoms with Crippen molar-refractivity contribution in [2.45, 2.75) is 31.9 Å². The van der Waals surface area contributed by atoms with E-state index >= 15 is 0 Å². The van der Waals surface area contributed by atoms with Gasteiger partial charge in [0.2, 0.25) is 5.89 Å². The van der Waals surface area contributed by atoms with Gasteiger partial charge in [-0.05, 0) is 18.9 Å². The Morgan fingerprint density at radius 1 is 1.26 bits per heavy atom. The van der Waals surface area contributed by atoms with E-state index in [1.807, 2.05) is 37.3 Å². The molecule has 2 atom stereocenters. The number of aromatic nitrogens is 2. The van der Waals surface area contributed by atoms with Gasteiger partial charge in [-0.1, -0.05) is 35.5 Å². The minimum Gasteiger partial charge on any atom is -0.381 e. The predicted molar refractivity (Wildman–Crippen MR) is 71.5 cm³/mol. The van der Waals surface area contributed by atoms with Crippen LogP contribution in [0.4, 0.5) is 0 Å². The molecule has 0 bridgehead atoms. The maximum atomic E-state index is 6.08. The molecule has 0 aliphatic carbocycles. The van der Waals surface area contributed by atoms with E-state index in [0.29, 0.717) is 24.6 Å². The summed E-state index contributed by atoms with van der Waals surface area (Å²) in [5.74, 6) is 1.11. The molecule has 1 aromatic carbocycles. The molecule has 102 valence electrons. The Morgan fingerprint density at radius 2 is 2.00 bits per heavy atom. The molecular formula is C14H19N3O2. The van der Waals surface area contributed by atoms with Crippen LogP contribution in [0.25, 0.3) is 0 Å². The van der Waals surface area contributed by atoms with Crippen LogP contribution in [0.1, 0.15) is 30.2 Å². The average molecular weight is 261 g/mol. The number of hydrogen-bond acceptors (Lipinski definition) is 5. The second-order valence-electron chi connectivity index (χ2n) is 4.60. The molecule has 19 heavy (non-hydrogen) atoms. The zero-order chi connectivity index (χ0) is 13.7. The van der Waals surface area contributed by atoms with Crippen molar-refractivity contribution in [3.63, 3.8) is 0 Å². The minimum absolute atomic E-state index is 0.0656. The van der Waals surface area contributed by atoms with E-state index in [4.69, 9.17) is 15.0 Å². The first-order chi connectivity index (χ1) is 9.19. The van der Waals surface area contributed by atoms with E-state index in [1.54, 1.807) is 7.11 Å². The summed E-state index contributed by atoms with van der Waals surface area (Å²) >= 11 is 0. The molecule has 0 aliphatic rings. The lowest BCUT2D eigenvalue weighted by Crippen LogP contribution is -2.14. The van der Waals surface area contributed by atoms with Crippen LogP contribution in [-0.2, 0) is 17.6 Å². The van der Waals surface area contributed by atoms with Gasteiger partial charge in [0.15, 0.2) is 5.82 Å². The molecule has 2 N–H and O–H groups in total. The predicted octanol–water partition coefficient (Wildman–Crippen LogP) is 1.89. The number of benzene rings is 1. The highest BCUT2D eigenvalue weighted by molar-refractivity contribution is 5.16. The van der Waals surface area contributed by atoms with Crippen molar-refractivity contribution in [2.75, 3.05) is 7.11 Å². The van der Waals surface area contributed by atoms with Gasteiger partial charge in [-0.15, -0.1) is 0 Å². The molecule has 0 saturated heterocycles. The summed E-state index contributed by atoms with van der Waals surface area (Å²) < 4.78 is 10.4. The molecule has 0 radical (unpaired) electrons. The zero-order valence-electron chi connectivity index (χ0n) is 11.2. The highest BCUT2D eigenvalue weighted by atomic mass is 16.5. The summed E-state index contributed by atoms with van der Waals surface area (Å²) in [5.41, 5.74) is 7.23. The third kappa shape index (κ3) is 3.87. The van der Waals surface area contributed by atoms with Crippen molar-refractivity contribution >= 4 is 0 Å². The molecule has 2 aromatic rings. The fourth-order valence-corrected chi connectivity index (χ4v) is 1.80. The van der Waals surface area contributed by atoms with Crippen molar-refractivity contribution in [1.82, 2.24) is 10.1 Å². The Kier molecular flexibility index (Phi) is 4.65. The summed E-state index contributed by atoms with van der Waals surface area (Å²) in [6.45, 7) is 1.96. The monoisotopic (exact) mass is 261 g/mol. The molecule has 1 unspecified atom stereocenters. The second kappa shape index (κ2) is 6.45. The fraction of sp³-hybridized carbons (Fsp3) is 0.429. The topological polar surface area (TPSA) is 74.2 Å². The van der Waals surface area contributed by atoms with Gasteiger partial charge in [-0.3, -0.25) is 0 Å². The average Bonchev–Trinajstić information content (AvgIpc) is 2.88. The number of hydrogen-bond donors (Lipinski definition) is 1. The number of methoxy groups -OCH3 is 1. The standard InChI is InChI=1S/C14H19N3O2/c1-10(18-2)8-13-16-14(19-17-13)12(15)9-11-6-4-3-5-7-11/h3-7,10,12H,8-9,15H2,1-2H3/t10?,12-/m0/s1. The van der Waals surface area contributed by atoms with Crippen molar-refractivity contribution in [3.8, 4) is 0 Å². The molecule has 0 spiro atoms. The van der Waals surface area contributed by atoms with E-state index in [1.165, 1.54) is 0 Å². The summed E-state index contributed by atoms with van der Waals surface area (Å²) in [5, 5.41) is 3.92. The van der Waals surface area contributed by atoms with Crippen molar-refractivity contribution in [3.05, 3.63) is 47.6 Å². The number of ether oxygens (including phenoxy) is 1. The van der Waals surface area contributed by atoms with Gasteiger partial charge in [-0.25, -0.2) is 0 Å². The van der Waals surface area contributed by atoms with Gasteiger partial charge in [0, 0.05) is 13.5 Å². The summed E-state index contributed by atoms with van der Waals surface area (Å²) in [7, 11) is 1.66. The zero-order valence-corrected chi connectivity index (χ0v) is 11.2. The van der Waals surface area contributed by atoms with Crippen molar-refractivity contribution < 1.29 is 9.26 Å². The van der Waals surface area contributed by atoms with Crippen LogP contribution in [0, 0.1) is 0 Å². The second-order valence-corrected chi connectivity index (χ2v) is 4.60. The van der Waals surface area contributed by atoms with Crippen LogP contribution in [0.5, 0.6) is 0 Å². The number of rotatable bonds is 6. The molecule has 1 aromatic heterocycles. The first-order valence-corrected chi connectivity index (χ1v) is 6.34. The van der Waals surface area contributed by atoms with E-state index in [0.717, 1.165) is 5.56 Å². The quantitative estimate of drug-likeness (QED) is 0.859. The Balaban J connectivity index is 1.98. The molecular weight excluding hydrogens is 242 g/mol. The Bertz CT molecular complexity index is 498. The fourth-order valence-electron chi connectivity index (χ4n) is 1.80. The van der Waals surface area contributed by atoms with Gasteiger partial charge in [-0.2, -0.15) is 4.98 Å². The minimum atomic E-state index is -0.276. The normalized spacial score (nSPS) is 14.3. The highest BCUT2D eigenvalue weighted by Gasteiger charge is 2.16. The van der Waals surface area contributed by atoms with E-state index in [9.17, 15) is 0 Å². The summed E-state index contributed by atoms with van der Waals surface area (Å²) in [4.78, 5) is 4.31. The summed E-state index contributed by atoms with van der Waals surface area (Å²) in [6.07, 6.45) is 1.37. The highest BCUT2D eigenvalue weighted by Crippen LogP contribution is 2.14. The SMILES string of the molecule is COC(C)Cc1noc([C@@H](N)Cc2ccccc2)n1. The van der Waals surface area contributed by atoms with Crippen LogP contribution in [0.15, 0.2) is 34.9 Å². The Morgan fingerprint density at radius 3 is 2.68 bits per heavy atom. The van der Waals surface area contributed by atoms with Gasteiger partial charge in [0.25, 0.3) is 0 Å². The largest absolute Gasteiger partial charge is 0.381 e. The Labute approximate surface area is 112 Å². The molecule has 2 rings (SSSR count). The molecule has 0 amide bonds. The maximum Gasteiger partial charge on any atom is 0.243 e. The van der Waals surface area contributed by atoms with Crippen molar-refractivity contribution in [1.29, 1.82) is 0 Å². The van der Waals surface area contributed by atoms with Gasteiger partial charge in [0.05, 0.1) is 12.1 Å². The Hall–Kier alpha value is -1.72. The van der Waals surface area contributed by atoms with Crippen LogP contribution < -0.4 is 5.73 Å². The molecule has 5 heteroatoms. The lowest BCUT2D eigenvalue weighted by Gasteiger charge is -2.06. The first-order valence-electron chi connectivity index (χ1n) is 6.34. The summed E-state index contributed by atoms with van der Waals surface area (Å²) in [6, 6.07) is 9.74. The van der Waals surface area contributed by atoms with Gasteiger partial charge >= 0.3 is 0 Å². The molecule has 0 saturated carbocycles. The van der Waals surface area contributed by atoms with E-state index in [2.05, 4.69) is 10.1 Å². The smallest absolute Gasteiger partial charge is 0.243 e. The van der Waals surface area contributed by atoms with Crippen LogP contribution in [-0.4, -0.2) is 23.4 Å². The van der Waals surface area contributed by atoms with Gasteiger partial charge in [0.1, 0.15) is 0 Å². The molecule has 0 aliphatic heterocycles. The maximum absolute atomic E-state index is 6.08. The van der Waals surface area contributed by atoms with E-state index in [-0.39, 0.29) is 12.1 Å². The van der Waals surface area contributed by atoms with Crippen LogP contribution >= 0.6 is 0 Å². The first kappa shape index (κ1) is 13.7. The van der Waals surface area contributed by atoms with E-state index < -0.39 is 0 Å². The lowest BCUT2D eigenvalue weighted by atomic mass is 10.1. The van der Waals surface area contributed by atoms with Crippen LogP contribution in [0.2, 0.25) is 0 Å². The molecule has 1 heterocycles. The third-order valence-electron chi connectivity index (χ3n) is 2.97. The van der Waals surface area contributed by atoms with Crippen LogP contribution in [0.3, 0.4) is 0 Å². The van der Waals surface area contributed by atoms with Crippen molar-refractivity contribution in [2.24, 2.45) is 5.73 Å². The third-order valence-corrected chi connectivity index (χ3v) is 2.97. The molecule has 0 fully saturated rings. The number of nitrogens with two attached hydrogens (primary N) is 1. The van der Waals surface area contributed by atoms with Gasteiger partial charge < -0.3 is 15.0 Å². The lowest BCUT2D eigenvalue weighted by molar-refractivity contribution is 0.116. The number of nitrogens with zero attached hydrogens (tertiary/aromatic N) is 2. The molecule has 5 nitrogen and oxygen atoms in total.